The first-order valence-electron chi connectivity index (χ1n) is 5.09. The van der Waals surface area contributed by atoms with Crippen LogP contribution >= 0.6 is 0 Å². The number of aromatic carboxylic acids is 1. The number of aliphatic hydroxyl groups excluding tert-OH is 1. The van der Waals surface area contributed by atoms with Gasteiger partial charge in [0.1, 0.15) is 12.4 Å². The second-order valence-electron chi connectivity index (χ2n) is 3.40. The highest BCUT2D eigenvalue weighted by Gasteiger charge is 2.11. The number of nitrogens with zero attached hydrogens (tertiary/aromatic N) is 1. The van der Waals surface area contributed by atoms with Crippen molar-refractivity contribution in [1.82, 2.24) is 4.98 Å². The van der Waals surface area contributed by atoms with Crippen molar-refractivity contribution in [3.05, 3.63) is 36.0 Å². The standard InChI is InChI=1S/C12H11NO4/c14-5-6-17-11-7-10(12(15)16)13-9-4-2-1-3-8(9)11/h1-4,7,14H,5-6H2,(H,15,16). The Morgan fingerprint density at radius 2 is 2.12 bits per heavy atom. The zero-order valence-electron chi connectivity index (χ0n) is 8.96. The molecule has 1 aromatic heterocycles. The highest BCUT2D eigenvalue weighted by molar-refractivity contribution is 5.93. The molecule has 5 nitrogen and oxygen atoms in total. The summed E-state index contributed by atoms with van der Waals surface area (Å²) in [5.41, 5.74) is 0.483. The number of pyridine rings is 1. The van der Waals surface area contributed by atoms with Crippen LogP contribution in [0, 0.1) is 0 Å². The van der Waals surface area contributed by atoms with Crippen molar-refractivity contribution >= 4 is 16.9 Å². The molecule has 0 amide bonds. The number of carboxylic acid groups (broad SMARTS) is 1. The fraction of sp³-hybridized carbons (Fsp3) is 0.167. The minimum Gasteiger partial charge on any atom is -0.490 e. The maximum Gasteiger partial charge on any atom is 0.354 e. The molecule has 1 aromatic carbocycles. The van der Waals surface area contributed by atoms with E-state index in [2.05, 4.69) is 4.98 Å². The third-order valence-corrected chi connectivity index (χ3v) is 2.25. The molecule has 0 saturated heterocycles. The number of hydrogen-bond donors (Lipinski definition) is 2. The van der Waals surface area contributed by atoms with E-state index in [4.69, 9.17) is 14.9 Å². The zero-order valence-corrected chi connectivity index (χ0v) is 8.96. The predicted octanol–water partition coefficient (Wildman–Crippen LogP) is 1.30. The molecule has 0 saturated carbocycles. The maximum absolute atomic E-state index is 10.9. The predicted molar refractivity (Wildman–Crippen MR) is 61.3 cm³/mol. The van der Waals surface area contributed by atoms with Gasteiger partial charge in [0, 0.05) is 11.5 Å². The van der Waals surface area contributed by atoms with Crippen LogP contribution < -0.4 is 4.74 Å². The Kier molecular flexibility index (Phi) is 3.20. The summed E-state index contributed by atoms with van der Waals surface area (Å²) in [6.07, 6.45) is 0. The normalized spacial score (nSPS) is 10.4. The van der Waals surface area contributed by atoms with Crippen LogP contribution in [0.25, 0.3) is 10.9 Å². The number of rotatable bonds is 4. The number of aromatic nitrogens is 1. The Labute approximate surface area is 97.3 Å². The van der Waals surface area contributed by atoms with E-state index in [1.54, 1.807) is 18.2 Å². The van der Waals surface area contributed by atoms with Gasteiger partial charge in [0.15, 0.2) is 5.69 Å². The Bertz CT molecular complexity index is 553. The summed E-state index contributed by atoms with van der Waals surface area (Å²) in [5, 5.41) is 18.4. The SMILES string of the molecule is O=C(O)c1cc(OCCO)c2ccccc2n1. The van der Waals surface area contributed by atoms with Crippen LogP contribution in [0.2, 0.25) is 0 Å². The first kappa shape index (κ1) is 11.3. The van der Waals surface area contributed by atoms with Crippen LogP contribution in [-0.2, 0) is 0 Å². The number of ether oxygens (including phenoxy) is 1. The van der Waals surface area contributed by atoms with Crippen LogP contribution in [0.5, 0.6) is 5.75 Å². The monoisotopic (exact) mass is 233 g/mol. The highest BCUT2D eigenvalue weighted by atomic mass is 16.5. The Hall–Kier alpha value is -2.14. The summed E-state index contributed by atoms with van der Waals surface area (Å²) < 4.78 is 5.31. The third kappa shape index (κ3) is 2.34. The fourth-order valence-corrected chi connectivity index (χ4v) is 1.53. The molecule has 0 unspecified atom stereocenters. The van der Waals surface area contributed by atoms with Crippen molar-refractivity contribution in [3.63, 3.8) is 0 Å². The average molecular weight is 233 g/mol. The van der Waals surface area contributed by atoms with Crippen LogP contribution in [0.4, 0.5) is 0 Å². The third-order valence-electron chi connectivity index (χ3n) is 2.25. The minimum atomic E-state index is -1.11. The van der Waals surface area contributed by atoms with Crippen LogP contribution in [0.15, 0.2) is 30.3 Å². The zero-order chi connectivity index (χ0) is 12.3. The number of carboxylic acids is 1. The summed E-state index contributed by atoms with van der Waals surface area (Å²) in [7, 11) is 0. The summed E-state index contributed by atoms with van der Waals surface area (Å²) in [6, 6.07) is 8.46. The Balaban J connectivity index is 2.56. The molecule has 1 heterocycles. The number of fused-ring (bicyclic) bond motifs is 1. The molecule has 0 radical (unpaired) electrons. The van der Waals surface area contributed by atoms with Gasteiger partial charge < -0.3 is 14.9 Å². The van der Waals surface area contributed by atoms with E-state index >= 15 is 0 Å². The molecule has 2 rings (SSSR count). The number of benzene rings is 1. The van der Waals surface area contributed by atoms with Gasteiger partial charge in [-0.2, -0.15) is 0 Å². The van der Waals surface area contributed by atoms with Crippen LogP contribution in [-0.4, -0.2) is 34.4 Å². The lowest BCUT2D eigenvalue weighted by Gasteiger charge is -2.08. The van der Waals surface area contributed by atoms with E-state index in [0.29, 0.717) is 11.3 Å². The van der Waals surface area contributed by atoms with Crippen molar-refractivity contribution < 1.29 is 19.7 Å². The number of aliphatic hydroxyl groups is 1. The topological polar surface area (TPSA) is 79.7 Å². The lowest BCUT2D eigenvalue weighted by Crippen LogP contribution is -2.05. The second kappa shape index (κ2) is 4.80. The van der Waals surface area contributed by atoms with Gasteiger partial charge in [0.05, 0.1) is 12.1 Å². The molecule has 0 atom stereocenters. The van der Waals surface area contributed by atoms with E-state index in [1.165, 1.54) is 6.07 Å². The lowest BCUT2D eigenvalue weighted by atomic mass is 10.2. The largest absolute Gasteiger partial charge is 0.490 e. The second-order valence-corrected chi connectivity index (χ2v) is 3.40. The van der Waals surface area contributed by atoms with Crippen molar-refractivity contribution in [2.24, 2.45) is 0 Å². The first-order valence-corrected chi connectivity index (χ1v) is 5.09. The van der Waals surface area contributed by atoms with Crippen molar-refractivity contribution in [2.75, 3.05) is 13.2 Å². The van der Waals surface area contributed by atoms with E-state index in [1.807, 2.05) is 6.07 Å². The van der Waals surface area contributed by atoms with Gasteiger partial charge in [-0.25, -0.2) is 9.78 Å². The van der Waals surface area contributed by atoms with Crippen LogP contribution in [0.3, 0.4) is 0 Å². The number of para-hydroxylation sites is 1. The molecular weight excluding hydrogens is 222 g/mol. The molecule has 2 aromatic rings. The van der Waals surface area contributed by atoms with Crippen molar-refractivity contribution in [1.29, 1.82) is 0 Å². The smallest absolute Gasteiger partial charge is 0.354 e. The van der Waals surface area contributed by atoms with Crippen LogP contribution in [0.1, 0.15) is 10.5 Å². The summed E-state index contributed by atoms with van der Waals surface area (Å²) in [5.74, 6) is -0.688. The molecule has 0 aliphatic carbocycles. The van der Waals surface area contributed by atoms with Gasteiger partial charge in [-0.15, -0.1) is 0 Å². The van der Waals surface area contributed by atoms with E-state index in [9.17, 15) is 4.79 Å². The molecule has 0 spiro atoms. The molecule has 0 aliphatic heterocycles. The van der Waals surface area contributed by atoms with E-state index in [-0.39, 0.29) is 18.9 Å². The maximum atomic E-state index is 10.9. The summed E-state index contributed by atoms with van der Waals surface area (Å²) in [4.78, 5) is 14.9. The Morgan fingerprint density at radius 1 is 1.35 bits per heavy atom. The lowest BCUT2D eigenvalue weighted by molar-refractivity contribution is 0.0690. The van der Waals surface area contributed by atoms with E-state index in [0.717, 1.165) is 5.39 Å². The van der Waals surface area contributed by atoms with Gasteiger partial charge in [-0.05, 0) is 12.1 Å². The fourth-order valence-electron chi connectivity index (χ4n) is 1.53. The molecule has 5 heteroatoms. The minimum absolute atomic E-state index is 0.0726. The van der Waals surface area contributed by atoms with Crippen molar-refractivity contribution in [2.45, 2.75) is 0 Å². The molecular formula is C12H11NO4. The average Bonchev–Trinajstić information content (AvgIpc) is 2.35. The summed E-state index contributed by atoms with van der Waals surface area (Å²) >= 11 is 0. The van der Waals surface area contributed by atoms with Crippen molar-refractivity contribution in [3.8, 4) is 5.75 Å². The quantitative estimate of drug-likeness (QED) is 0.832. The van der Waals surface area contributed by atoms with Gasteiger partial charge >= 0.3 is 5.97 Å². The molecule has 0 bridgehead atoms. The molecule has 0 fully saturated rings. The molecule has 88 valence electrons. The molecule has 0 aliphatic rings. The molecule has 2 N–H and O–H groups in total. The highest BCUT2D eigenvalue weighted by Crippen LogP contribution is 2.25. The van der Waals surface area contributed by atoms with Gasteiger partial charge in [-0.3, -0.25) is 0 Å². The first-order chi connectivity index (χ1) is 8.22. The van der Waals surface area contributed by atoms with Gasteiger partial charge in [-0.1, -0.05) is 12.1 Å². The molecule has 17 heavy (non-hydrogen) atoms. The van der Waals surface area contributed by atoms with Gasteiger partial charge in [0.25, 0.3) is 0 Å². The number of hydrogen-bond acceptors (Lipinski definition) is 4. The number of carbonyl (C=O) groups is 1. The summed E-state index contributed by atoms with van der Waals surface area (Å²) in [6.45, 7) is -0.00782. The van der Waals surface area contributed by atoms with E-state index < -0.39 is 5.97 Å². The Morgan fingerprint density at radius 3 is 2.82 bits per heavy atom. The van der Waals surface area contributed by atoms with Gasteiger partial charge in [0.2, 0.25) is 0 Å².